The van der Waals surface area contributed by atoms with Crippen LogP contribution in [0.1, 0.15) is 29.8 Å². The summed E-state index contributed by atoms with van der Waals surface area (Å²) in [5.74, 6) is -0.148. The van der Waals surface area contributed by atoms with Crippen molar-refractivity contribution >= 4 is 29.5 Å². The van der Waals surface area contributed by atoms with E-state index >= 15 is 0 Å². The van der Waals surface area contributed by atoms with Crippen LogP contribution in [0.25, 0.3) is 0 Å². The third-order valence-corrected chi connectivity index (χ3v) is 5.15. The molecule has 1 aromatic rings. The summed E-state index contributed by atoms with van der Waals surface area (Å²) in [4.78, 5) is 39.4. The van der Waals surface area contributed by atoms with Gasteiger partial charge in [-0.1, -0.05) is 12.1 Å². The van der Waals surface area contributed by atoms with E-state index in [1.165, 1.54) is 12.1 Å². The number of carbonyl (C=O) groups excluding carboxylic acids is 2. The van der Waals surface area contributed by atoms with Crippen LogP contribution in [-0.2, 0) is 16.0 Å². The van der Waals surface area contributed by atoms with Crippen LogP contribution in [0.15, 0.2) is 24.3 Å². The van der Waals surface area contributed by atoms with Crippen LogP contribution >= 0.6 is 11.8 Å². The highest BCUT2D eigenvalue weighted by Crippen LogP contribution is 2.24. The van der Waals surface area contributed by atoms with Gasteiger partial charge in [-0.15, -0.1) is 11.8 Å². The molecule has 2 amide bonds. The Balaban J connectivity index is 2.09. The zero-order valence-electron chi connectivity index (χ0n) is 14.1. The van der Waals surface area contributed by atoms with Crippen molar-refractivity contribution in [3.8, 4) is 0 Å². The second-order valence-corrected chi connectivity index (χ2v) is 7.10. The fourth-order valence-corrected chi connectivity index (χ4v) is 3.64. The summed E-state index contributed by atoms with van der Waals surface area (Å²) >= 11 is 1.56. The van der Waals surface area contributed by atoms with E-state index < -0.39 is 12.0 Å². The molecule has 24 heavy (non-hydrogen) atoms. The van der Waals surface area contributed by atoms with Gasteiger partial charge in [0.05, 0.1) is 17.9 Å². The van der Waals surface area contributed by atoms with Gasteiger partial charge in [0.15, 0.2) is 0 Å². The monoisotopic (exact) mass is 350 g/mol. The van der Waals surface area contributed by atoms with Gasteiger partial charge in [-0.2, -0.15) is 0 Å². The first-order chi connectivity index (χ1) is 11.3. The highest BCUT2D eigenvalue weighted by molar-refractivity contribution is 7.99. The number of hydrogen-bond acceptors (Lipinski definition) is 4. The molecule has 1 N–H and O–H groups in total. The van der Waals surface area contributed by atoms with Crippen molar-refractivity contribution in [2.24, 2.45) is 0 Å². The Morgan fingerprint density at radius 3 is 2.71 bits per heavy atom. The first-order valence-electron chi connectivity index (χ1n) is 7.77. The molecule has 0 aromatic heterocycles. The second kappa shape index (κ2) is 7.70. The molecular weight excluding hydrogens is 328 g/mol. The van der Waals surface area contributed by atoms with Crippen LogP contribution in [0, 0.1) is 0 Å². The number of benzene rings is 1. The van der Waals surface area contributed by atoms with Crippen molar-refractivity contribution in [2.45, 2.75) is 32.4 Å². The summed E-state index contributed by atoms with van der Waals surface area (Å²) in [6.45, 7) is 3.87. The van der Waals surface area contributed by atoms with E-state index in [9.17, 15) is 14.4 Å². The molecule has 7 heteroatoms. The molecule has 6 nitrogen and oxygen atoms in total. The highest BCUT2D eigenvalue weighted by Gasteiger charge is 2.36. The zero-order chi connectivity index (χ0) is 17.9. The maximum Gasteiger partial charge on any atom is 0.335 e. The fraction of sp³-hybridized carbons (Fsp3) is 0.471. The predicted molar refractivity (Wildman–Crippen MR) is 93.0 cm³/mol. The van der Waals surface area contributed by atoms with Crippen LogP contribution in [0.3, 0.4) is 0 Å². The van der Waals surface area contributed by atoms with Crippen molar-refractivity contribution in [3.63, 3.8) is 0 Å². The van der Waals surface area contributed by atoms with E-state index in [2.05, 4.69) is 0 Å². The first kappa shape index (κ1) is 18.3. The number of carboxylic acids is 1. The molecular formula is C17H22N2O4S. The molecule has 1 heterocycles. The standard InChI is InChI=1S/C17H22N2O4S/c1-11(2)18(3)16(21)14-9-24-10-19(14)15(20)8-12-5-4-6-13(7-12)17(22)23/h4-7,11,14H,8-10H2,1-3H3,(H,22,23). The van der Waals surface area contributed by atoms with E-state index in [1.807, 2.05) is 13.8 Å². The van der Waals surface area contributed by atoms with Gasteiger partial charge in [0.1, 0.15) is 6.04 Å². The molecule has 1 saturated heterocycles. The smallest absolute Gasteiger partial charge is 0.335 e. The first-order valence-corrected chi connectivity index (χ1v) is 8.93. The quantitative estimate of drug-likeness (QED) is 0.874. The van der Waals surface area contributed by atoms with Crippen LogP contribution in [-0.4, -0.2) is 63.5 Å². The normalized spacial score (nSPS) is 17.2. The van der Waals surface area contributed by atoms with E-state index in [4.69, 9.17) is 5.11 Å². The van der Waals surface area contributed by atoms with E-state index in [0.29, 0.717) is 17.2 Å². The minimum absolute atomic E-state index is 0.0531. The molecule has 0 aliphatic carbocycles. The molecule has 1 fully saturated rings. The Labute approximate surface area is 145 Å². The lowest BCUT2D eigenvalue weighted by molar-refractivity contribution is -0.143. The molecule has 1 aliphatic heterocycles. The van der Waals surface area contributed by atoms with Crippen LogP contribution in [0.5, 0.6) is 0 Å². The lowest BCUT2D eigenvalue weighted by Gasteiger charge is -2.29. The molecule has 1 aliphatic rings. The summed E-state index contributed by atoms with van der Waals surface area (Å²) in [5.41, 5.74) is 0.795. The molecule has 0 radical (unpaired) electrons. The van der Waals surface area contributed by atoms with Crippen molar-refractivity contribution < 1.29 is 19.5 Å². The van der Waals surface area contributed by atoms with Crippen LogP contribution < -0.4 is 0 Å². The van der Waals surface area contributed by atoms with Crippen LogP contribution in [0.4, 0.5) is 0 Å². The Bertz CT molecular complexity index is 647. The number of rotatable bonds is 5. The number of hydrogen-bond donors (Lipinski definition) is 1. The fourth-order valence-electron chi connectivity index (χ4n) is 2.47. The van der Waals surface area contributed by atoms with Crippen molar-refractivity contribution in [1.82, 2.24) is 9.80 Å². The number of nitrogens with zero attached hydrogens (tertiary/aromatic N) is 2. The molecule has 2 rings (SSSR count). The van der Waals surface area contributed by atoms with Gasteiger partial charge in [0.25, 0.3) is 0 Å². The zero-order valence-corrected chi connectivity index (χ0v) is 14.9. The van der Waals surface area contributed by atoms with E-state index in [-0.39, 0.29) is 29.8 Å². The lowest BCUT2D eigenvalue weighted by atomic mass is 10.1. The largest absolute Gasteiger partial charge is 0.478 e. The van der Waals surface area contributed by atoms with E-state index in [1.54, 1.807) is 40.7 Å². The molecule has 1 aromatic carbocycles. The average molecular weight is 350 g/mol. The number of carboxylic acid groups (broad SMARTS) is 1. The van der Waals surface area contributed by atoms with Gasteiger partial charge in [0.2, 0.25) is 11.8 Å². The second-order valence-electron chi connectivity index (χ2n) is 6.10. The topological polar surface area (TPSA) is 77.9 Å². The van der Waals surface area contributed by atoms with Gasteiger partial charge in [-0.05, 0) is 31.5 Å². The minimum atomic E-state index is -1.02. The number of carbonyl (C=O) groups is 3. The Hall–Kier alpha value is -2.02. The summed E-state index contributed by atoms with van der Waals surface area (Å²) in [5, 5.41) is 9.03. The third kappa shape index (κ3) is 4.08. The Morgan fingerprint density at radius 2 is 2.08 bits per heavy atom. The molecule has 0 spiro atoms. The van der Waals surface area contributed by atoms with Gasteiger partial charge in [-0.3, -0.25) is 9.59 Å². The van der Waals surface area contributed by atoms with Gasteiger partial charge in [-0.25, -0.2) is 4.79 Å². The minimum Gasteiger partial charge on any atom is -0.478 e. The van der Waals surface area contributed by atoms with Crippen LogP contribution in [0.2, 0.25) is 0 Å². The summed E-state index contributed by atoms with van der Waals surface area (Å²) < 4.78 is 0. The van der Waals surface area contributed by atoms with Crippen molar-refractivity contribution in [2.75, 3.05) is 18.7 Å². The third-order valence-electron chi connectivity index (χ3n) is 4.14. The summed E-state index contributed by atoms with van der Waals surface area (Å²) in [7, 11) is 1.75. The maximum atomic E-state index is 12.6. The van der Waals surface area contributed by atoms with Gasteiger partial charge >= 0.3 is 5.97 Å². The maximum absolute atomic E-state index is 12.6. The average Bonchev–Trinajstić information content (AvgIpc) is 3.03. The molecule has 130 valence electrons. The lowest BCUT2D eigenvalue weighted by Crippen LogP contribution is -2.49. The Morgan fingerprint density at radius 1 is 1.38 bits per heavy atom. The molecule has 1 atom stereocenters. The van der Waals surface area contributed by atoms with Gasteiger partial charge < -0.3 is 14.9 Å². The molecule has 0 bridgehead atoms. The number of aromatic carboxylic acids is 1. The van der Waals surface area contributed by atoms with Gasteiger partial charge in [0, 0.05) is 18.8 Å². The molecule has 1 unspecified atom stereocenters. The van der Waals surface area contributed by atoms with Crippen molar-refractivity contribution in [1.29, 1.82) is 0 Å². The number of thioether (sulfide) groups is 1. The summed E-state index contributed by atoms with van der Waals surface area (Å²) in [6, 6.07) is 5.97. The SMILES string of the molecule is CC(C)N(C)C(=O)C1CSCN1C(=O)Cc1cccc(C(=O)O)c1. The summed E-state index contributed by atoms with van der Waals surface area (Å²) in [6.07, 6.45) is 0.0941. The number of amides is 2. The van der Waals surface area contributed by atoms with E-state index in [0.717, 1.165) is 0 Å². The highest BCUT2D eigenvalue weighted by atomic mass is 32.2. The Kier molecular flexibility index (Phi) is 5.88. The predicted octanol–water partition coefficient (Wildman–Crippen LogP) is 1.70. The number of likely N-dealkylation sites (N-methyl/N-ethyl adjacent to an activating group) is 1. The molecule has 0 saturated carbocycles. The van der Waals surface area contributed by atoms with Crippen molar-refractivity contribution in [3.05, 3.63) is 35.4 Å².